The van der Waals surface area contributed by atoms with E-state index in [0.29, 0.717) is 26.1 Å². The summed E-state index contributed by atoms with van der Waals surface area (Å²) in [7, 11) is 3.10. The minimum Gasteiger partial charge on any atom is -0.466 e. The third kappa shape index (κ3) is 6.36. The second-order valence-corrected chi connectivity index (χ2v) is 6.71. The molecule has 112 valence electrons. The highest BCUT2D eigenvalue weighted by Crippen LogP contribution is 2.16. The van der Waals surface area contributed by atoms with E-state index >= 15 is 0 Å². The fraction of sp³-hybridized carbons (Fsp3) is 0.462. The van der Waals surface area contributed by atoms with Gasteiger partial charge in [-0.1, -0.05) is 12.1 Å². The van der Waals surface area contributed by atoms with E-state index in [9.17, 15) is 13.2 Å². The molecule has 0 N–H and O–H groups in total. The van der Waals surface area contributed by atoms with Gasteiger partial charge in [0.05, 0.1) is 11.5 Å². The van der Waals surface area contributed by atoms with E-state index in [4.69, 9.17) is 20.2 Å². The Morgan fingerprint density at radius 1 is 1.20 bits per heavy atom. The molecular formula is C13H17ClO5S. The fourth-order valence-corrected chi connectivity index (χ4v) is 2.30. The van der Waals surface area contributed by atoms with Gasteiger partial charge >= 0.3 is 5.97 Å². The highest BCUT2D eigenvalue weighted by Gasteiger charge is 2.09. The standard InChI is InChI=1S/C13H17ClO5S/c1-18-9-2-10-19-13(15)8-5-11-3-6-12(7-4-11)20(14,16)17/h3-4,6-7H,2,5,8-10H2,1H3. The molecule has 0 spiro atoms. The molecule has 0 amide bonds. The van der Waals surface area contributed by atoms with E-state index < -0.39 is 9.05 Å². The molecular weight excluding hydrogens is 304 g/mol. The van der Waals surface area contributed by atoms with Crippen molar-refractivity contribution in [1.29, 1.82) is 0 Å². The van der Waals surface area contributed by atoms with Gasteiger partial charge in [-0.15, -0.1) is 0 Å². The molecule has 5 nitrogen and oxygen atoms in total. The number of carbonyl (C=O) groups excluding carboxylic acids is 1. The summed E-state index contributed by atoms with van der Waals surface area (Å²) in [4.78, 5) is 11.5. The lowest BCUT2D eigenvalue weighted by Crippen LogP contribution is -2.08. The third-order valence-electron chi connectivity index (χ3n) is 2.58. The number of hydrogen-bond donors (Lipinski definition) is 0. The minimum atomic E-state index is -3.70. The molecule has 1 rings (SSSR count). The van der Waals surface area contributed by atoms with Crippen molar-refractivity contribution < 1.29 is 22.7 Å². The number of esters is 1. The molecule has 20 heavy (non-hydrogen) atoms. The predicted molar refractivity (Wildman–Crippen MR) is 75.3 cm³/mol. The van der Waals surface area contributed by atoms with Crippen molar-refractivity contribution in [3.05, 3.63) is 29.8 Å². The van der Waals surface area contributed by atoms with Crippen LogP contribution in [0.15, 0.2) is 29.2 Å². The van der Waals surface area contributed by atoms with Crippen molar-refractivity contribution in [1.82, 2.24) is 0 Å². The number of ether oxygens (including phenoxy) is 2. The first-order chi connectivity index (χ1) is 9.43. The molecule has 0 radical (unpaired) electrons. The van der Waals surface area contributed by atoms with Gasteiger partial charge in [0, 0.05) is 37.2 Å². The van der Waals surface area contributed by atoms with Crippen LogP contribution in [0.4, 0.5) is 0 Å². The summed E-state index contributed by atoms with van der Waals surface area (Å²) in [5.41, 5.74) is 0.850. The summed E-state index contributed by atoms with van der Waals surface area (Å²) in [6, 6.07) is 6.10. The second-order valence-electron chi connectivity index (χ2n) is 4.15. The first-order valence-corrected chi connectivity index (χ1v) is 8.42. The van der Waals surface area contributed by atoms with Crippen molar-refractivity contribution in [2.75, 3.05) is 20.3 Å². The zero-order valence-electron chi connectivity index (χ0n) is 11.2. The van der Waals surface area contributed by atoms with Crippen molar-refractivity contribution in [3.8, 4) is 0 Å². The van der Waals surface area contributed by atoms with Crippen LogP contribution in [0, 0.1) is 0 Å². The summed E-state index contributed by atoms with van der Waals surface area (Å²) < 4.78 is 32.0. The molecule has 0 aliphatic rings. The van der Waals surface area contributed by atoms with Crippen LogP contribution >= 0.6 is 10.7 Å². The Labute approximate surface area is 123 Å². The molecule has 1 aromatic rings. The van der Waals surface area contributed by atoms with E-state index in [1.807, 2.05) is 0 Å². The van der Waals surface area contributed by atoms with Crippen LogP contribution in [-0.4, -0.2) is 34.7 Å². The average Bonchev–Trinajstić information content (AvgIpc) is 2.41. The molecule has 0 saturated carbocycles. The number of hydrogen-bond acceptors (Lipinski definition) is 5. The lowest BCUT2D eigenvalue weighted by Gasteiger charge is -2.05. The summed E-state index contributed by atoms with van der Waals surface area (Å²) in [5, 5.41) is 0. The Hall–Kier alpha value is -1.11. The first-order valence-electron chi connectivity index (χ1n) is 6.11. The van der Waals surface area contributed by atoms with Crippen LogP contribution in [0.2, 0.25) is 0 Å². The Morgan fingerprint density at radius 3 is 2.40 bits per heavy atom. The quantitative estimate of drug-likeness (QED) is 0.417. The summed E-state index contributed by atoms with van der Waals surface area (Å²) in [6.45, 7) is 0.901. The normalized spacial score (nSPS) is 11.3. The van der Waals surface area contributed by atoms with Gasteiger partial charge in [-0.25, -0.2) is 8.42 Å². The van der Waals surface area contributed by atoms with Gasteiger partial charge in [-0.2, -0.15) is 0 Å². The third-order valence-corrected chi connectivity index (χ3v) is 3.95. The number of methoxy groups -OCH3 is 1. The lowest BCUT2D eigenvalue weighted by molar-refractivity contribution is -0.143. The maximum atomic E-state index is 11.4. The van der Waals surface area contributed by atoms with Crippen molar-refractivity contribution in [2.45, 2.75) is 24.2 Å². The van der Waals surface area contributed by atoms with E-state index in [1.54, 1.807) is 19.2 Å². The largest absolute Gasteiger partial charge is 0.466 e. The summed E-state index contributed by atoms with van der Waals surface area (Å²) in [6.07, 6.45) is 1.41. The smallest absolute Gasteiger partial charge is 0.306 e. The van der Waals surface area contributed by atoms with E-state index in [-0.39, 0.29) is 17.3 Å². The van der Waals surface area contributed by atoms with Crippen molar-refractivity contribution >= 4 is 25.7 Å². The summed E-state index contributed by atoms with van der Waals surface area (Å²) >= 11 is 0. The molecule has 0 unspecified atom stereocenters. The van der Waals surface area contributed by atoms with E-state index in [2.05, 4.69) is 0 Å². The predicted octanol–water partition coefficient (Wildman–Crippen LogP) is 2.13. The van der Waals surface area contributed by atoms with Crippen LogP contribution in [0.25, 0.3) is 0 Å². The molecule has 0 saturated heterocycles. The van der Waals surface area contributed by atoms with E-state index in [0.717, 1.165) is 5.56 Å². The SMILES string of the molecule is COCCCOC(=O)CCc1ccc(S(=O)(=O)Cl)cc1. The maximum absolute atomic E-state index is 11.4. The van der Waals surface area contributed by atoms with Crippen LogP contribution in [-0.2, 0) is 29.7 Å². The van der Waals surface area contributed by atoms with Gasteiger partial charge in [-0.3, -0.25) is 4.79 Å². The van der Waals surface area contributed by atoms with Gasteiger partial charge in [-0.05, 0) is 24.1 Å². The van der Waals surface area contributed by atoms with Crippen molar-refractivity contribution in [3.63, 3.8) is 0 Å². The molecule has 0 aliphatic heterocycles. The van der Waals surface area contributed by atoms with E-state index in [1.165, 1.54) is 12.1 Å². The van der Waals surface area contributed by atoms with Gasteiger partial charge in [0.2, 0.25) is 0 Å². The molecule has 0 fully saturated rings. The second kappa shape index (κ2) is 8.24. The molecule has 7 heteroatoms. The molecule has 0 aromatic heterocycles. The number of halogens is 1. The Balaban J connectivity index is 2.37. The molecule has 0 heterocycles. The van der Waals surface area contributed by atoms with Gasteiger partial charge < -0.3 is 9.47 Å². The molecule has 0 atom stereocenters. The van der Waals surface area contributed by atoms with Crippen LogP contribution in [0.1, 0.15) is 18.4 Å². The van der Waals surface area contributed by atoms with Crippen LogP contribution in [0.3, 0.4) is 0 Å². The number of rotatable bonds is 8. The topological polar surface area (TPSA) is 69.7 Å². The fourth-order valence-electron chi connectivity index (χ4n) is 1.53. The van der Waals surface area contributed by atoms with Gasteiger partial charge in [0.15, 0.2) is 0 Å². The summed E-state index contributed by atoms with van der Waals surface area (Å²) in [5.74, 6) is -0.282. The average molecular weight is 321 g/mol. The zero-order chi connectivity index (χ0) is 15.0. The van der Waals surface area contributed by atoms with Crippen molar-refractivity contribution in [2.24, 2.45) is 0 Å². The zero-order valence-corrected chi connectivity index (χ0v) is 12.7. The Morgan fingerprint density at radius 2 is 1.85 bits per heavy atom. The molecule has 0 bridgehead atoms. The molecule has 0 aliphatic carbocycles. The number of aryl methyl sites for hydroxylation is 1. The minimum absolute atomic E-state index is 0.0464. The Bertz CT molecular complexity index is 524. The highest BCUT2D eigenvalue weighted by atomic mass is 35.7. The monoisotopic (exact) mass is 320 g/mol. The number of carbonyl (C=O) groups is 1. The lowest BCUT2D eigenvalue weighted by atomic mass is 10.1. The van der Waals surface area contributed by atoms with Crippen LogP contribution in [0.5, 0.6) is 0 Å². The Kier molecular flexibility index (Phi) is 6.98. The van der Waals surface area contributed by atoms with Gasteiger partial charge in [0.25, 0.3) is 9.05 Å². The van der Waals surface area contributed by atoms with Crippen LogP contribution < -0.4 is 0 Å². The maximum Gasteiger partial charge on any atom is 0.306 e. The van der Waals surface area contributed by atoms with Gasteiger partial charge in [0.1, 0.15) is 0 Å². The number of benzene rings is 1. The highest BCUT2D eigenvalue weighted by molar-refractivity contribution is 8.13. The molecule has 1 aromatic carbocycles. The first kappa shape index (κ1) is 16.9.